The van der Waals surface area contributed by atoms with Crippen LogP contribution in [0.2, 0.25) is 0 Å². The molecule has 1 N–H and O–H groups in total. The highest BCUT2D eigenvalue weighted by molar-refractivity contribution is 5.02. The summed E-state index contributed by atoms with van der Waals surface area (Å²) in [5.74, 6) is 0.643. The van der Waals surface area contributed by atoms with E-state index in [4.69, 9.17) is 4.74 Å². The van der Waals surface area contributed by atoms with Crippen LogP contribution in [0.1, 0.15) is 34.1 Å². The van der Waals surface area contributed by atoms with Crippen LogP contribution in [0.5, 0.6) is 0 Å². The lowest BCUT2D eigenvalue weighted by atomic mass is 9.64. The zero-order chi connectivity index (χ0) is 10.1. The summed E-state index contributed by atoms with van der Waals surface area (Å²) in [5.41, 5.74) is 0.309. The van der Waals surface area contributed by atoms with Crippen molar-refractivity contribution in [3.63, 3.8) is 0 Å². The molecule has 1 rings (SSSR count). The Bertz CT molecular complexity index is 165. The molecule has 0 spiro atoms. The summed E-state index contributed by atoms with van der Waals surface area (Å²) in [6.07, 6.45) is 1.61. The van der Waals surface area contributed by atoms with Gasteiger partial charge in [0.2, 0.25) is 0 Å². The van der Waals surface area contributed by atoms with Gasteiger partial charge in [0.15, 0.2) is 0 Å². The quantitative estimate of drug-likeness (QED) is 0.723. The molecular formula is C11H23NO. The van der Waals surface area contributed by atoms with E-state index in [1.807, 2.05) is 7.05 Å². The molecule has 1 fully saturated rings. The molecule has 78 valence electrons. The number of hydrogen-bond acceptors (Lipinski definition) is 2. The minimum atomic E-state index is 0.309. The molecule has 2 heteroatoms. The Hall–Kier alpha value is -0.0800. The predicted molar refractivity (Wildman–Crippen MR) is 55.8 cm³/mol. The third-order valence-corrected chi connectivity index (χ3v) is 3.16. The second-order valence-corrected chi connectivity index (χ2v) is 5.11. The second kappa shape index (κ2) is 3.97. The van der Waals surface area contributed by atoms with Crippen LogP contribution in [0, 0.1) is 11.3 Å². The minimum Gasteiger partial charge on any atom is -0.377 e. The van der Waals surface area contributed by atoms with Gasteiger partial charge in [0.25, 0.3) is 0 Å². The normalized spacial score (nSPS) is 31.8. The van der Waals surface area contributed by atoms with Crippen LogP contribution in [-0.2, 0) is 4.74 Å². The summed E-state index contributed by atoms with van der Waals surface area (Å²) in [4.78, 5) is 0. The maximum atomic E-state index is 5.85. The van der Waals surface area contributed by atoms with E-state index in [1.165, 1.54) is 0 Å². The average molecular weight is 185 g/mol. The Labute approximate surface area is 82.0 Å². The van der Waals surface area contributed by atoms with Crippen LogP contribution < -0.4 is 5.32 Å². The van der Waals surface area contributed by atoms with E-state index in [0.717, 1.165) is 13.0 Å². The van der Waals surface area contributed by atoms with Crippen LogP contribution in [0.25, 0.3) is 0 Å². The van der Waals surface area contributed by atoms with Gasteiger partial charge in [-0.15, -0.1) is 0 Å². The van der Waals surface area contributed by atoms with Crippen LogP contribution in [-0.4, -0.2) is 25.8 Å². The number of hydrogen-bond donors (Lipinski definition) is 1. The first kappa shape index (κ1) is 11.0. The SMILES string of the molecule is CNC1CC(OCC(C)C)C1(C)C. The highest BCUT2D eigenvalue weighted by Crippen LogP contribution is 2.42. The molecule has 0 heterocycles. The molecule has 0 aromatic carbocycles. The van der Waals surface area contributed by atoms with Gasteiger partial charge in [0, 0.05) is 18.1 Å². The molecule has 2 atom stereocenters. The largest absolute Gasteiger partial charge is 0.377 e. The van der Waals surface area contributed by atoms with Gasteiger partial charge < -0.3 is 10.1 Å². The van der Waals surface area contributed by atoms with Gasteiger partial charge in [-0.1, -0.05) is 27.7 Å². The fraction of sp³-hybridized carbons (Fsp3) is 1.00. The van der Waals surface area contributed by atoms with Gasteiger partial charge in [0.05, 0.1) is 6.10 Å². The van der Waals surface area contributed by atoms with Crippen molar-refractivity contribution in [1.82, 2.24) is 5.32 Å². The first-order valence-corrected chi connectivity index (χ1v) is 5.27. The van der Waals surface area contributed by atoms with E-state index in [9.17, 15) is 0 Å². The van der Waals surface area contributed by atoms with Crippen molar-refractivity contribution in [2.45, 2.75) is 46.3 Å². The van der Waals surface area contributed by atoms with Crippen molar-refractivity contribution < 1.29 is 4.74 Å². The van der Waals surface area contributed by atoms with E-state index >= 15 is 0 Å². The molecule has 1 aliphatic carbocycles. The molecule has 0 aliphatic heterocycles. The topological polar surface area (TPSA) is 21.3 Å². The van der Waals surface area contributed by atoms with Crippen molar-refractivity contribution in [1.29, 1.82) is 0 Å². The fourth-order valence-electron chi connectivity index (χ4n) is 1.97. The number of nitrogens with one attached hydrogen (secondary N) is 1. The molecule has 0 aromatic heterocycles. The van der Waals surface area contributed by atoms with Gasteiger partial charge >= 0.3 is 0 Å². The molecule has 13 heavy (non-hydrogen) atoms. The minimum absolute atomic E-state index is 0.309. The van der Waals surface area contributed by atoms with Crippen molar-refractivity contribution in [3.05, 3.63) is 0 Å². The molecule has 1 aliphatic rings. The van der Waals surface area contributed by atoms with Crippen molar-refractivity contribution >= 4 is 0 Å². The Balaban J connectivity index is 2.31. The van der Waals surface area contributed by atoms with E-state index in [1.54, 1.807) is 0 Å². The van der Waals surface area contributed by atoms with E-state index in [2.05, 4.69) is 33.0 Å². The maximum absolute atomic E-state index is 5.85. The summed E-state index contributed by atoms with van der Waals surface area (Å²) in [7, 11) is 2.03. The standard InChI is InChI=1S/C11H23NO/c1-8(2)7-13-10-6-9(12-5)11(10,3)4/h8-10,12H,6-7H2,1-5H3. The maximum Gasteiger partial charge on any atom is 0.0656 e. The van der Waals surface area contributed by atoms with Gasteiger partial charge in [-0.2, -0.15) is 0 Å². The van der Waals surface area contributed by atoms with Crippen molar-refractivity contribution in [2.75, 3.05) is 13.7 Å². The molecule has 0 saturated heterocycles. The average Bonchev–Trinajstić information content (AvgIpc) is 2.02. The number of rotatable bonds is 4. The van der Waals surface area contributed by atoms with Gasteiger partial charge in [-0.3, -0.25) is 0 Å². The van der Waals surface area contributed by atoms with Gasteiger partial charge in [-0.05, 0) is 19.4 Å². The zero-order valence-electron chi connectivity index (χ0n) is 9.55. The van der Waals surface area contributed by atoms with Crippen molar-refractivity contribution in [3.8, 4) is 0 Å². The second-order valence-electron chi connectivity index (χ2n) is 5.11. The van der Waals surface area contributed by atoms with Crippen LogP contribution in [0.4, 0.5) is 0 Å². The molecule has 0 bridgehead atoms. The highest BCUT2D eigenvalue weighted by atomic mass is 16.5. The highest BCUT2D eigenvalue weighted by Gasteiger charge is 2.48. The molecular weight excluding hydrogens is 162 g/mol. The summed E-state index contributed by atoms with van der Waals surface area (Å²) >= 11 is 0. The fourth-order valence-corrected chi connectivity index (χ4v) is 1.97. The molecule has 2 unspecified atom stereocenters. The van der Waals surface area contributed by atoms with Crippen molar-refractivity contribution in [2.24, 2.45) is 11.3 Å². The summed E-state index contributed by atoms with van der Waals surface area (Å²) in [5, 5.41) is 3.33. The third kappa shape index (κ3) is 2.23. The monoisotopic (exact) mass is 185 g/mol. The first-order valence-electron chi connectivity index (χ1n) is 5.27. The van der Waals surface area contributed by atoms with Crippen LogP contribution >= 0.6 is 0 Å². The third-order valence-electron chi connectivity index (χ3n) is 3.16. The summed E-state index contributed by atoms with van der Waals surface area (Å²) in [6.45, 7) is 9.85. The van der Waals surface area contributed by atoms with Crippen LogP contribution in [0.15, 0.2) is 0 Å². The molecule has 1 saturated carbocycles. The Morgan fingerprint density at radius 2 is 2.08 bits per heavy atom. The predicted octanol–water partition coefficient (Wildman–Crippen LogP) is 2.05. The van der Waals surface area contributed by atoms with Gasteiger partial charge in [0.1, 0.15) is 0 Å². The zero-order valence-corrected chi connectivity index (χ0v) is 9.55. The van der Waals surface area contributed by atoms with E-state index < -0.39 is 0 Å². The lowest BCUT2D eigenvalue weighted by Crippen LogP contribution is -2.60. The summed E-state index contributed by atoms with van der Waals surface area (Å²) < 4.78 is 5.85. The molecule has 2 nitrogen and oxygen atoms in total. The first-order chi connectivity index (χ1) is 5.98. The Morgan fingerprint density at radius 1 is 1.46 bits per heavy atom. The molecule has 0 amide bonds. The molecule has 0 aromatic rings. The Kier molecular flexibility index (Phi) is 3.36. The van der Waals surface area contributed by atoms with E-state index in [-0.39, 0.29) is 0 Å². The smallest absolute Gasteiger partial charge is 0.0656 e. The molecule has 0 radical (unpaired) electrons. The van der Waals surface area contributed by atoms with Crippen LogP contribution in [0.3, 0.4) is 0 Å². The Morgan fingerprint density at radius 3 is 2.46 bits per heavy atom. The summed E-state index contributed by atoms with van der Waals surface area (Å²) in [6, 6.07) is 0.629. The lowest BCUT2D eigenvalue weighted by Gasteiger charge is -2.51. The lowest BCUT2D eigenvalue weighted by molar-refractivity contribution is -0.122. The van der Waals surface area contributed by atoms with Gasteiger partial charge in [-0.25, -0.2) is 0 Å². The number of ether oxygens (including phenoxy) is 1. The van der Waals surface area contributed by atoms with E-state index in [0.29, 0.717) is 23.5 Å².